The average molecular weight is 269 g/mol. The molecule has 1 aromatic heterocycles. The second-order valence-corrected chi connectivity index (χ2v) is 3.91. The molecule has 2 aromatic rings. The Hall–Kier alpha value is -2.95. The van der Waals surface area contributed by atoms with Crippen LogP contribution >= 0.6 is 0 Å². The maximum absolute atomic E-state index is 11.6. The highest BCUT2D eigenvalue weighted by Crippen LogP contribution is 2.14. The van der Waals surface area contributed by atoms with Crippen molar-refractivity contribution >= 4 is 17.5 Å². The number of hydrogen-bond acceptors (Lipinski definition) is 4. The lowest BCUT2D eigenvalue weighted by molar-refractivity contribution is -0.384. The molecule has 0 N–H and O–H groups in total. The Morgan fingerprint density at radius 1 is 1.20 bits per heavy atom. The van der Waals surface area contributed by atoms with E-state index in [9.17, 15) is 14.9 Å². The molecule has 0 unspecified atom stereocenters. The molecule has 5 heteroatoms. The maximum Gasteiger partial charge on any atom is 0.270 e. The Morgan fingerprint density at radius 2 is 2.05 bits per heavy atom. The van der Waals surface area contributed by atoms with Gasteiger partial charge in [-0.1, -0.05) is 30.4 Å². The van der Waals surface area contributed by atoms with Gasteiger partial charge in [-0.3, -0.25) is 14.9 Å². The molecule has 0 fully saturated rings. The number of nitro benzene ring substituents is 1. The van der Waals surface area contributed by atoms with Crippen LogP contribution in [0.25, 0.3) is 6.08 Å². The Morgan fingerprint density at radius 3 is 2.75 bits per heavy atom. The summed E-state index contributed by atoms with van der Waals surface area (Å²) in [7, 11) is 0. The molecule has 0 saturated carbocycles. The molecule has 0 saturated heterocycles. The highest BCUT2D eigenvalue weighted by atomic mass is 16.6. The van der Waals surface area contributed by atoms with Gasteiger partial charge in [0.1, 0.15) is 0 Å². The summed E-state index contributed by atoms with van der Waals surface area (Å²) in [4.78, 5) is 21.7. The van der Waals surface area contributed by atoms with Crippen molar-refractivity contribution in [2.45, 2.75) is 0 Å². The fraction of sp³-hybridized carbons (Fsp3) is 0. The summed E-state index contributed by atoms with van der Waals surface area (Å²) in [5, 5.41) is 10.6. The summed E-state index contributed by atoms with van der Waals surface area (Å²) in [5.41, 5.74) is 0.720. The first-order chi connectivity index (χ1) is 9.66. The Balaban J connectivity index is 2.01. The van der Waals surface area contributed by atoms with Gasteiger partial charge in [0.15, 0.2) is 5.76 Å². The van der Waals surface area contributed by atoms with Crippen LogP contribution in [0.15, 0.2) is 65.3 Å². The molecule has 0 aliphatic rings. The first kappa shape index (κ1) is 13.5. The van der Waals surface area contributed by atoms with Crippen molar-refractivity contribution in [1.82, 2.24) is 0 Å². The minimum Gasteiger partial charge on any atom is -0.461 e. The van der Waals surface area contributed by atoms with Gasteiger partial charge in [0.25, 0.3) is 5.69 Å². The second-order valence-electron chi connectivity index (χ2n) is 3.91. The van der Waals surface area contributed by atoms with Gasteiger partial charge in [-0.2, -0.15) is 0 Å². The highest BCUT2D eigenvalue weighted by Gasteiger charge is 2.04. The molecule has 0 atom stereocenters. The number of ketones is 1. The van der Waals surface area contributed by atoms with E-state index in [0.29, 0.717) is 5.56 Å². The summed E-state index contributed by atoms with van der Waals surface area (Å²) < 4.78 is 4.95. The number of carbonyl (C=O) groups is 1. The van der Waals surface area contributed by atoms with Crippen molar-refractivity contribution in [3.05, 3.63) is 82.3 Å². The molecule has 0 aliphatic heterocycles. The zero-order chi connectivity index (χ0) is 14.4. The number of hydrogen-bond donors (Lipinski definition) is 0. The van der Waals surface area contributed by atoms with Gasteiger partial charge >= 0.3 is 0 Å². The van der Waals surface area contributed by atoms with Crippen LogP contribution in [0.2, 0.25) is 0 Å². The molecule has 0 bridgehead atoms. The van der Waals surface area contributed by atoms with Crippen LogP contribution in [0, 0.1) is 10.1 Å². The molecule has 0 amide bonds. The monoisotopic (exact) mass is 269 g/mol. The van der Waals surface area contributed by atoms with Gasteiger partial charge in [0.05, 0.1) is 11.2 Å². The van der Waals surface area contributed by atoms with Gasteiger partial charge in [0.2, 0.25) is 5.78 Å². The normalized spacial score (nSPS) is 11.2. The quantitative estimate of drug-likeness (QED) is 0.273. The van der Waals surface area contributed by atoms with E-state index in [1.165, 1.54) is 24.5 Å². The minimum absolute atomic E-state index is 0.0304. The van der Waals surface area contributed by atoms with Crippen molar-refractivity contribution in [2.24, 2.45) is 0 Å². The van der Waals surface area contributed by atoms with Crippen LogP contribution in [0.1, 0.15) is 16.1 Å². The van der Waals surface area contributed by atoms with E-state index in [0.717, 1.165) is 0 Å². The van der Waals surface area contributed by atoms with Crippen LogP contribution in [0.5, 0.6) is 0 Å². The van der Waals surface area contributed by atoms with E-state index in [1.54, 1.807) is 42.5 Å². The fourth-order valence-electron chi connectivity index (χ4n) is 1.55. The summed E-state index contributed by atoms with van der Waals surface area (Å²) >= 11 is 0. The predicted octanol–water partition coefficient (Wildman–Crippen LogP) is 3.64. The van der Waals surface area contributed by atoms with E-state index >= 15 is 0 Å². The summed E-state index contributed by atoms with van der Waals surface area (Å²) in [6.45, 7) is 0. The first-order valence-electron chi connectivity index (χ1n) is 5.84. The number of nitrogens with zero attached hydrogens (tertiary/aromatic N) is 1. The predicted molar refractivity (Wildman–Crippen MR) is 74.3 cm³/mol. The van der Waals surface area contributed by atoms with Crippen LogP contribution in [0.3, 0.4) is 0 Å². The Bertz CT molecular complexity index is 669. The second kappa shape index (κ2) is 6.29. The Labute approximate surface area is 115 Å². The molecule has 1 heterocycles. The van der Waals surface area contributed by atoms with Gasteiger partial charge in [-0.05, 0) is 23.8 Å². The number of nitro groups is 1. The van der Waals surface area contributed by atoms with Crippen LogP contribution in [0.4, 0.5) is 5.69 Å². The molecule has 0 spiro atoms. The minimum atomic E-state index is -0.451. The van der Waals surface area contributed by atoms with Crippen LogP contribution in [-0.2, 0) is 0 Å². The van der Waals surface area contributed by atoms with Crippen LogP contribution in [-0.4, -0.2) is 10.7 Å². The molecular formula is C15H11NO4. The molecule has 100 valence electrons. The zero-order valence-electron chi connectivity index (χ0n) is 10.4. The van der Waals surface area contributed by atoms with Crippen molar-refractivity contribution in [3.8, 4) is 0 Å². The smallest absolute Gasteiger partial charge is 0.270 e. The number of furan rings is 1. The number of rotatable bonds is 5. The van der Waals surface area contributed by atoms with Gasteiger partial charge in [0, 0.05) is 12.1 Å². The number of allylic oxidation sites excluding steroid dienone is 3. The molecule has 2 rings (SSSR count). The summed E-state index contributed by atoms with van der Waals surface area (Å²) in [5.74, 6) is 0.0312. The van der Waals surface area contributed by atoms with Gasteiger partial charge < -0.3 is 4.42 Å². The van der Waals surface area contributed by atoms with Crippen molar-refractivity contribution in [1.29, 1.82) is 0 Å². The fourth-order valence-corrected chi connectivity index (χ4v) is 1.55. The highest BCUT2D eigenvalue weighted by molar-refractivity contribution is 6.02. The van der Waals surface area contributed by atoms with E-state index in [1.807, 2.05) is 0 Å². The molecule has 1 aromatic carbocycles. The topological polar surface area (TPSA) is 73.3 Å². The standard InChI is InChI=1S/C15H11NO4/c17-14(15-9-4-10-20-15)8-2-1-5-12-6-3-7-13(11-12)16(18)19/h1-11H/b5-1+,8-2+. The molecular weight excluding hydrogens is 258 g/mol. The third kappa shape index (κ3) is 3.52. The lowest BCUT2D eigenvalue weighted by Crippen LogP contribution is -1.89. The van der Waals surface area contributed by atoms with Crippen LogP contribution < -0.4 is 0 Å². The zero-order valence-corrected chi connectivity index (χ0v) is 10.4. The summed E-state index contributed by atoms with van der Waals surface area (Å²) in [6, 6.07) is 9.45. The number of carbonyl (C=O) groups excluding carboxylic acids is 1. The SMILES string of the molecule is O=C(/C=C/C=C/c1cccc([N+](=O)[O-])c1)c1ccco1. The number of benzene rings is 1. The van der Waals surface area contributed by atoms with Crippen molar-refractivity contribution < 1.29 is 14.1 Å². The van der Waals surface area contributed by atoms with E-state index in [-0.39, 0.29) is 17.2 Å². The molecule has 0 radical (unpaired) electrons. The van der Waals surface area contributed by atoms with Crippen molar-refractivity contribution in [2.75, 3.05) is 0 Å². The lowest BCUT2D eigenvalue weighted by atomic mass is 10.2. The maximum atomic E-state index is 11.6. The van der Waals surface area contributed by atoms with Gasteiger partial charge in [-0.25, -0.2) is 0 Å². The number of non-ortho nitro benzene ring substituents is 1. The van der Waals surface area contributed by atoms with E-state index < -0.39 is 4.92 Å². The lowest BCUT2D eigenvalue weighted by Gasteiger charge is -1.93. The third-order valence-corrected chi connectivity index (χ3v) is 2.49. The van der Waals surface area contributed by atoms with Crippen molar-refractivity contribution in [3.63, 3.8) is 0 Å². The third-order valence-electron chi connectivity index (χ3n) is 2.49. The molecule has 0 aliphatic carbocycles. The largest absolute Gasteiger partial charge is 0.461 e. The molecule has 5 nitrogen and oxygen atoms in total. The van der Waals surface area contributed by atoms with Gasteiger partial charge in [-0.15, -0.1) is 0 Å². The van der Waals surface area contributed by atoms with E-state index in [2.05, 4.69) is 0 Å². The molecule has 20 heavy (non-hydrogen) atoms. The Kier molecular flexibility index (Phi) is 4.24. The first-order valence-corrected chi connectivity index (χ1v) is 5.84. The average Bonchev–Trinajstić information content (AvgIpc) is 2.98. The summed E-state index contributed by atoms with van der Waals surface area (Å²) in [6.07, 6.45) is 7.68. The van der Waals surface area contributed by atoms with E-state index in [4.69, 9.17) is 4.42 Å².